The van der Waals surface area contributed by atoms with Gasteiger partial charge < -0.3 is 25.0 Å². The van der Waals surface area contributed by atoms with Crippen molar-refractivity contribution in [2.45, 2.75) is 25.0 Å². The van der Waals surface area contributed by atoms with Gasteiger partial charge in [-0.25, -0.2) is 4.79 Å². The molecule has 25 heavy (non-hydrogen) atoms. The first kappa shape index (κ1) is 18.6. The molecule has 138 valence electrons. The Labute approximate surface area is 157 Å². The molecule has 0 unspecified atom stereocenters. The number of likely N-dealkylation sites (tertiary alicyclic amines) is 1. The number of piperidine rings is 1. The third kappa shape index (κ3) is 4.91. The SMILES string of the molecule is O=C1NCCN1C1CCN(C[C@@H](O)COc2cc(Cl)ccc2Cl)CC1. The van der Waals surface area contributed by atoms with E-state index in [9.17, 15) is 9.90 Å². The molecule has 2 saturated heterocycles. The summed E-state index contributed by atoms with van der Waals surface area (Å²) in [6.45, 7) is 3.96. The summed E-state index contributed by atoms with van der Waals surface area (Å²) >= 11 is 12.0. The van der Waals surface area contributed by atoms with Crippen LogP contribution in [0, 0.1) is 0 Å². The number of carbonyl (C=O) groups excluding carboxylic acids is 1. The molecule has 1 atom stereocenters. The number of urea groups is 1. The highest BCUT2D eigenvalue weighted by atomic mass is 35.5. The molecule has 1 aromatic rings. The topological polar surface area (TPSA) is 65.0 Å². The van der Waals surface area contributed by atoms with Gasteiger partial charge in [0.05, 0.1) is 5.02 Å². The average Bonchev–Trinajstić information content (AvgIpc) is 3.02. The van der Waals surface area contributed by atoms with Crippen molar-refractivity contribution < 1.29 is 14.6 Å². The normalized spacial score (nSPS) is 20.6. The minimum absolute atomic E-state index is 0.0466. The van der Waals surface area contributed by atoms with Crippen LogP contribution in [0.15, 0.2) is 18.2 Å². The summed E-state index contributed by atoms with van der Waals surface area (Å²) < 4.78 is 5.58. The lowest BCUT2D eigenvalue weighted by Gasteiger charge is -2.36. The molecule has 0 aliphatic carbocycles. The molecular formula is C17H23Cl2N3O3. The Morgan fingerprint density at radius 2 is 2.04 bits per heavy atom. The van der Waals surface area contributed by atoms with Crippen LogP contribution in [-0.2, 0) is 0 Å². The number of carbonyl (C=O) groups is 1. The van der Waals surface area contributed by atoms with E-state index >= 15 is 0 Å². The van der Waals surface area contributed by atoms with Gasteiger partial charge in [0.2, 0.25) is 0 Å². The van der Waals surface area contributed by atoms with E-state index < -0.39 is 6.10 Å². The highest BCUT2D eigenvalue weighted by Crippen LogP contribution is 2.27. The molecule has 2 heterocycles. The van der Waals surface area contributed by atoms with Crippen LogP contribution < -0.4 is 10.1 Å². The highest BCUT2D eigenvalue weighted by Gasteiger charge is 2.31. The third-order valence-corrected chi connectivity index (χ3v) is 5.23. The first-order valence-electron chi connectivity index (χ1n) is 8.55. The molecule has 3 rings (SSSR count). The summed E-state index contributed by atoms with van der Waals surface area (Å²) in [5.74, 6) is 0.479. The zero-order chi connectivity index (χ0) is 17.8. The number of halogens is 2. The summed E-state index contributed by atoms with van der Waals surface area (Å²) in [6.07, 6.45) is 1.25. The molecule has 2 N–H and O–H groups in total. The Bertz CT molecular complexity index is 609. The zero-order valence-corrected chi connectivity index (χ0v) is 15.5. The number of aliphatic hydroxyl groups is 1. The van der Waals surface area contributed by atoms with Crippen LogP contribution in [0.3, 0.4) is 0 Å². The lowest BCUT2D eigenvalue weighted by Crippen LogP contribution is -2.48. The summed E-state index contributed by atoms with van der Waals surface area (Å²) in [7, 11) is 0. The van der Waals surface area contributed by atoms with Crippen molar-refractivity contribution in [1.82, 2.24) is 15.1 Å². The Hall–Kier alpha value is -1.21. The second kappa shape index (κ2) is 8.45. The van der Waals surface area contributed by atoms with E-state index in [-0.39, 0.29) is 12.6 Å². The summed E-state index contributed by atoms with van der Waals surface area (Å²) in [6, 6.07) is 5.36. The largest absolute Gasteiger partial charge is 0.489 e. The monoisotopic (exact) mass is 387 g/mol. The molecule has 0 bridgehead atoms. The molecule has 1 aromatic carbocycles. The Balaban J connectivity index is 1.41. The minimum atomic E-state index is -0.610. The van der Waals surface area contributed by atoms with Crippen molar-refractivity contribution in [1.29, 1.82) is 0 Å². The molecule has 0 radical (unpaired) electrons. The first-order valence-corrected chi connectivity index (χ1v) is 9.31. The van der Waals surface area contributed by atoms with Crippen molar-refractivity contribution >= 4 is 29.2 Å². The van der Waals surface area contributed by atoms with E-state index in [4.69, 9.17) is 27.9 Å². The van der Waals surface area contributed by atoms with Crippen LogP contribution >= 0.6 is 23.2 Å². The van der Waals surface area contributed by atoms with Gasteiger partial charge in [0, 0.05) is 49.9 Å². The molecule has 2 aliphatic heterocycles. The number of hydrogen-bond acceptors (Lipinski definition) is 4. The molecule has 0 saturated carbocycles. The van der Waals surface area contributed by atoms with Crippen molar-refractivity contribution in [2.75, 3.05) is 39.3 Å². The van der Waals surface area contributed by atoms with Crippen molar-refractivity contribution in [3.63, 3.8) is 0 Å². The number of aliphatic hydroxyl groups excluding tert-OH is 1. The molecule has 2 aliphatic rings. The predicted molar refractivity (Wildman–Crippen MR) is 97.5 cm³/mol. The number of nitrogens with one attached hydrogen (secondary N) is 1. The van der Waals surface area contributed by atoms with Gasteiger partial charge in [-0.05, 0) is 25.0 Å². The van der Waals surface area contributed by atoms with Crippen LogP contribution in [0.1, 0.15) is 12.8 Å². The maximum Gasteiger partial charge on any atom is 0.317 e. The number of nitrogens with zero attached hydrogens (tertiary/aromatic N) is 2. The van der Waals surface area contributed by atoms with Crippen LogP contribution in [0.2, 0.25) is 10.0 Å². The molecule has 2 amide bonds. The highest BCUT2D eigenvalue weighted by molar-refractivity contribution is 6.34. The van der Waals surface area contributed by atoms with E-state index in [0.29, 0.717) is 28.4 Å². The van der Waals surface area contributed by atoms with E-state index in [1.54, 1.807) is 18.2 Å². The van der Waals surface area contributed by atoms with Crippen LogP contribution in [0.4, 0.5) is 4.79 Å². The van der Waals surface area contributed by atoms with Crippen LogP contribution in [0.25, 0.3) is 0 Å². The Morgan fingerprint density at radius 1 is 1.28 bits per heavy atom. The molecule has 0 aromatic heterocycles. The Morgan fingerprint density at radius 3 is 2.72 bits per heavy atom. The minimum Gasteiger partial charge on any atom is -0.489 e. The van der Waals surface area contributed by atoms with Gasteiger partial charge >= 0.3 is 6.03 Å². The van der Waals surface area contributed by atoms with E-state index in [1.165, 1.54) is 0 Å². The van der Waals surface area contributed by atoms with Crippen LogP contribution in [-0.4, -0.2) is 72.4 Å². The number of hydrogen-bond donors (Lipinski definition) is 2. The van der Waals surface area contributed by atoms with Crippen LogP contribution in [0.5, 0.6) is 5.75 Å². The molecular weight excluding hydrogens is 365 g/mol. The first-order chi connectivity index (χ1) is 12.0. The fourth-order valence-electron chi connectivity index (χ4n) is 3.37. The van der Waals surface area contributed by atoms with Gasteiger partial charge in [0.25, 0.3) is 0 Å². The maximum absolute atomic E-state index is 11.7. The number of amides is 2. The van der Waals surface area contributed by atoms with Gasteiger partial charge in [-0.2, -0.15) is 0 Å². The zero-order valence-electron chi connectivity index (χ0n) is 14.0. The van der Waals surface area contributed by atoms with E-state index in [1.807, 2.05) is 4.90 Å². The van der Waals surface area contributed by atoms with Crippen molar-refractivity contribution in [3.8, 4) is 5.75 Å². The van der Waals surface area contributed by atoms with Gasteiger partial charge in [0.15, 0.2) is 0 Å². The van der Waals surface area contributed by atoms with Gasteiger partial charge in [-0.15, -0.1) is 0 Å². The molecule has 0 spiro atoms. The van der Waals surface area contributed by atoms with Gasteiger partial charge in [-0.1, -0.05) is 23.2 Å². The molecule has 6 nitrogen and oxygen atoms in total. The predicted octanol–water partition coefficient (Wildman–Crippen LogP) is 2.22. The molecule has 2 fully saturated rings. The van der Waals surface area contributed by atoms with Gasteiger partial charge in [-0.3, -0.25) is 0 Å². The smallest absolute Gasteiger partial charge is 0.317 e. The lowest BCUT2D eigenvalue weighted by molar-refractivity contribution is 0.0509. The third-order valence-electron chi connectivity index (χ3n) is 4.68. The lowest BCUT2D eigenvalue weighted by atomic mass is 10.0. The standard InChI is InChI=1S/C17H23Cl2N3O3/c18-12-1-2-15(19)16(9-12)25-11-14(23)10-21-6-3-13(4-7-21)22-8-5-20-17(22)24/h1-2,9,13-14,23H,3-8,10-11H2,(H,20,24)/t14-/m1/s1. The Kier molecular flexibility index (Phi) is 6.28. The summed E-state index contributed by atoms with van der Waals surface area (Å²) in [5, 5.41) is 14.1. The quantitative estimate of drug-likeness (QED) is 0.785. The van der Waals surface area contributed by atoms with Crippen molar-refractivity contribution in [2.24, 2.45) is 0 Å². The van der Waals surface area contributed by atoms with Gasteiger partial charge in [0.1, 0.15) is 18.5 Å². The number of rotatable bonds is 6. The second-order valence-corrected chi connectivity index (χ2v) is 7.34. The average molecular weight is 388 g/mol. The van der Waals surface area contributed by atoms with E-state index in [2.05, 4.69) is 10.2 Å². The second-order valence-electron chi connectivity index (χ2n) is 6.50. The fourth-order valence-corrected chi connectivity index (χ4v) is 3.71. The van der Waals surface area contributed by atoms with Crippen molar-refractivity contribution in [3.05, 3.63) is 28.2 Å². The van der Waals surface area contributed by atoms with E-state index in [0.717, 1.165) is 39.0 Å². The maximum atomic E-state index is 11.7. The number of benzene rings is 1. The molecule has 8 heteroatoms. The number of ether oxygens (including phenoxy) is 1. The number of β-amino-alcohol motifs (C(OH)–C–C–N with tert-alkyl or cyclic N) is 1. The fraction of sp³-hybridized carbons (Fsp3) is 0.588. The summed E-state index contributed by atoms with van der Waals surface area (Å²) in [5.41, 5.74) is 0. The summed E-state index contributed by atoms with van der Waals surface area (Å²) in [4.78, 5) is 15.9.